The number of carbonyl (C=O) groups excluding carboxylic acids is 1. The molecule has 11 heteroatoms. The SMILES string of the molecule is CC(NC(=O)c1ccc(S(=O)(=O)Nc2ccc(Cl)cc2)cc1)c1ccc(S(N)(=O)=O)cc1. The van der Waals surface area contributed by atoms with Gasteiger partial charge in [-0.25, -0.2) is 22.0 Å². The quantitative estimate of drug-likeness (QED) is 0.464. The number of carbonyl (C=O) groups is 1. The van der Waals surface area contributed by atoms with E-state index in [0.29, 0.717) is 16.3 Å². The number of hydrogen-bond donors (Lipinski definition) is 3. The van der Waals surface area contributed by atoms with Crippen LogP contribution in [0.15, 0.2) is 82.6 Å². The first kappa shape index (κ1) is 23.7. The number of nitrogens with two attached hydrogens (primary N) is 1. The maximum absolute atomic E-state index is 12.5. The highest BCUT2D eigenvalue weighted by Crippen LogP contribution is 2.20. The molecule has 3 aromatic rings. The highest BCUT2D eigenvalue weighted by molar-refractivity contribution is 7.92. The molecule has 1 atom stereocenters. The molecule has 0 heterocycles. The summed E-state index contributed by atoms with van der Waals surface area (Å²) in [4.78, 5) is 12.5. The van der Waals surface area contributed by atoms with Crippen LogP contribution in [0.4, 0.5) is 5.69 Å². The Morgan fingerprint density at radius 2 is 1.38 bits per heavy atom. The molecule has 0 fully saturated rings. The van der Waals surface area contributed by atoms with Crippen LogP contribution in [0.25, 0.3) is 0 Å². The van der Waals surface area contributed by atoms with Crippen molar-refractivity contribution in [3.05, 3.63) is 88.9 Å². The normalized spacial score (nSPS) is 12.7. The summed E-state index contributed by atoms with van der Waals surface area (Å²) in [5.74, 6) is -0.414. The monoisotopic (exact) mass is 493 g/mol. The Morgan fingerprint density at radius 3 is 1.91 bits per heavy atom. The number of sulfonamides is 2. The Hall–Kier alpha value is -2.92. The average molecular weight is 494 g/mol. The van der Waals surface area contributed by atoms with Crippen molar-refractivity contribution in [3.63, 3.8) is 0 Å². The van der Waals surface area contributed by atoms with Gasteiger partial charge in [-0.3, -0.25) is 9.52 Å². The van der Waals surface area contributed by atoms with E-state index in [1.807, 2.05) is 0 Å². The molecule has 168 valence electrons. The first-order valence-corrected chi connectivity index (χ1v) is 12.7. The molecular formula is C21H20ClN3O5S2. The first-order valence-electron chi connectivity index (χ1n) is 9.28. The Kier molecular flexibility index (Phi) is 6.89. The summed E-state index contributed by atoms with van der Waals surface area (Å²) in [5.41, 5.74) is 1.30. The summed E-state index contributed by atoms with van der Waals surface area (Å²) in [6.45, 7) is 1.73. The lowest BCUT2D eigenvalue weighted by Crippen LogP contribution is -2.26. The number of amides is 1. The molecule has 32 heavy (non-hydrogen) atoms. The molecule has 0 radical (unpaired) electrons. The lowest BCUT2D eigenvalue weighted by molar-refractivity contribution is 0.0939. The molecule has 3 aromatic carbocycles. The molecular weight excluding hydrogens is 474 g/mol. The van der Waals surface area contributed by atoms with Crippen LogP contribution >= 0.6 is 11.6 Å². The van der Waals surface area contributed by atoms with Crippen LogP contribution in [-0.4, -0.2) is 22.7 Å². The van der Waals surface area contributed by atoms with Gasteiger partial charge < -0.3 is 5.32 Å². The molecule has 1 amide bonds. The van der Waals surface area contributed by atoms with E-state index in [4.69, 9.17) is 16.7 Å². The summed E-state index contributed by atoms with van der Waals surface area (Å²) in [7, 11) is -7.63. The number of hydrogen-bond acceptors (Lipinski definition) is 5. The van der Waals surface area contributed by atoms with E-state index in [0.717, 1.165) is 0 Å². The largest absolute Gasteiger partial charge is 0.346 e. The van der Waals surface area contributed by atoms with Crippen molar-refractivity contribution in [1.29, 1.82) is 0 Å². The maximum atomic E-state index is 12.5. The second-order valence-electron chi connectivity index (χ2n) is 6.95. The van der Waals surface area contributed by atoms with Crippen LogP contribution in [0.3, 0.4) is 0 Å². The molecule has 0 saturated carbocycles. The van der Waals surface area contributed by atoms with Gasteiger partial charge in [-0.05, 0) is 73.2 Å². The molecule has 0 aliphatic heterocycles. The third-order valence-corrected chi connectivity index (χ3v) is 7.16. The van der Waals surface area contributed by atoms with Crippen LogP contribution < -0.4 is 15.2 Å². The zero-order valence-corrected chi connectivity index (χ0v) is 19.2. The third-order valence-electron chi connectivity index (χ3n) is 4.58. The van der Waals surface area contributed by atoms with Gasteiger partial charge in [-0.1, -0.05) is 23.7 Å². The van der Waals surface area contributed by atoms with Crippen LogP contribution in [-0.2, 0) is 20.0 Å². The summed E-state index contributed by atoms with van der Waals surface area (Å²) in [6.07, 6.45) is 0. The summed E-state index contributed by atoms with van der Waals surface area (Å²) < 4.78 is 50.2. The Balaban J connectivity index is 1.68. The molecule has 0 bridgehead atoms. The van der Waals surface area contributed by atoms with Crippen molar-refractivity contribution in [3.8, 4) is 0 Å². The smallest absolute Gasteiger partial charge is 0.261 e. The van der Waals surface area contributed by atoms with Gasteiger partial charge in [0.1, 0.15) is 0 Å². The van der Waals surface area contributed by atoms with E-state index in [1.54, 1.807) is 43.3 Å². The summed E-state index contributed by atoms with van der Waals surface area (Å²) >= 11 is 5.80. The molecule has 1 unspecified atom stereocenters. The van der Waals surface area contributed by atoms with E-state index in [-0.39, 0.29) is 15.4 Å². The molecule has 3 rings (SSSR count). The van der Waals surface area contributed by atoms with Crippen LogP contribution in [0, 0.1) is 0 Å². The van der Waals surface area contributed by atoms with Crippen molar-refractivity contribution >= 4 is 43.2 Å². The fourth-order valence-corrected chi connectivity index (χ4v) is 4.53. The number of primary sulfonamides is 1. The number of anilines is 1. The Labute approximate surface area is 191 Å². The third kappa shape index (κ3) is 5.86. The van der Waals surface area contributed by atoms with E-state index in [2.05, 4.69) is 10.0 Å². The van der Waals surface area contributed by atoms with Gasteiger partial charge in [0.15, 0.2) is 0 Å². The van der Waals surface area contributed by atoms with Crippen molar-refractivity contribution in [1.82, 2.24) is 5.32 Å². The van der Waals surface area contributed by atoms with Crippen molar-refractivity contribution in [2.24, 2.45) is 5.14 Å². The van der Waals surface area contributed by atoms with Crippen LogP contribution in [0.2, 0.25) is 5.02 Å². The molecule has 4 N–H and O–H groups in total. The van der Waals surface area contributed by atoms with E-state index in [1.165, 1.54) is 36.4 Å². The van der Waals surface area contributed by atoms with Gasteiger partial charge in [0, 0.05) is 16.3 Å². The minimum absolute atomic E-state index is 0.00405. The van der Waals surface area contributed by atoms with Gasteiger partial charge in [-0.2, -0.15) is 0 Å². The van der Waals surface area contributed by atoms with Crippen LogP contribution in [0.5, 0.6) is 0 Å². The Morgan fingerprint density at radius 1 is 0.844 bits per heavy atom. The number of benzene rings is 3. The average Bonchev–Trinajstić information content (AvgIpc) is 2.75. The zero-order chi connectivity index (χ0) is 23.5. The van der Waals surface area contributed by atoms with Gasteiger partial charge >= 0.3 is 0 Å². The number of rotatable bonds is 7. The van der Waals surface area contributed by atoms with E-state index >= 15 is 0 Å². The van der Waals surface area contributed by atoms with Crippen LogP contribution in [0.1, 0.15) is 28.9 Å². The van der Waals surface area contributed by atoms with Gasteiger partial charge in [0.05, 0.1) is 15.8 Å². The molecule has 0 aliphatic carbocycles. The minimum Gasteiger partial charge on any atom is -0.346 e. The molecule has 0 spiro atoms. The standard InChI is InChI=1S/C21H20ClN3O5S2/c1-14(15-2-10-19(11-3-15)31(23,27)28)24-21(26)16-4-12-20(13-5-16)32(29,30)25-18-8-6-17(22)7-9-18/h2-14,25H,1H3,(H,24,26)(H2,23,27,28). The zero-order valence-electron chi connectivity index (χ0n) is 16.8. The summed E-state index contributed by atoms with van der Waals surface area (Å²) in [6, 6.07) is 17.1. The lowest BCUT2D eigenvalue weighted by atomic mass is 10.1. The predicted octanol–water partition coefficient (Wildman–Crippen LogP) is 3.28. The second kappa shape index (κ2) is 9.29. The maximum Gasteiger partial charge on any atom is 0.261 e. The first-order chi connectivity index (χ1) is 15.0. The van der Waals surface area contributed by atoms with Gasteiger partial charge in [0.2, 0.25) is 10.0 Å². The van der Waals surface area contributed by atoms with Gasteiger partial charge in [0.25, 0.3) is 15.9 Å². The molecule has 0 aromatic heterocycles. The number of nitrogens with one attached hydrogen (secondary N) is 2. The highest BCUT2D eigenvalue weighted by Gasteiger charge is 2.17. The Bertz CT molecular complexity index is 1320. The fourth-order valence-electron chi connectivity index (χ4n) is 2.83. The van der Waals surface area contributed by atoms with Crippen molar-refractivity contribution < 1.29 is 21.6 Å². The van der Waals surface area contributed by atoms with Crippen molar-refractivity contribution in [2.45, 2.75) is 22.8 Å². The highest BCUT2D eigenvalue weighted by atomic mass is 35.5. The molecule has 0 aliphatic rings. The number of halogens is 1. The lowest BCUT2D eigenvalue weighted by Gasteiger charge is -2.15. The predicted molar refractivity (Wildman–Crippen MR) is 122 cm³/mol. The molecule has 8 nitrogen and oxygen atoms in total. The fraction of sp³-hybridized carbons (Fsp3) is 0.0952. The topological polar surface area (TPSA) is 135 Å². The minimum atomic E-state index is -3.83. The van der Waals surface area contributed by atoms with Crippen molar-refractivity contribution in [2.75, 3.05) is 4.72 Å². The molecule has 0 saturated heterocycles. The van der Waals surface area contributed by atoms with E-state index in [9.17, 15) is 21.6 Å². The van der Waals surface area contributed by atoms with E-state index < -0.39 is 32.0 Å². The van der Waals surface area contributed by atoms with Gasteiger partial charge in [-0.15, -0.1) is 0 Å². The summed E-state index contributed by atoms with van der Waals surface area (Å²) in [5, 5.41) is 8.34. The second-order valence-corrected chi connectivity index (χ2v) is 10.6.